The molecule has 18 heavy (non-hydrogen) atoms. The lowest BCUT2D eigenvalue weighted by atomic mass is 10.2. The molecule has 0 saturated carbocycles. The minimum atomic E-state index is -1.11. The molecule has 2 rings (SSSR count). The summed E-state index contributed by atoms with van der Waals surface area (Å²) < 4.78 is 0. The van der Waals surface area contributed by atoms with Crippen molar-refractivity contribution >= 4 is 35.1 Å². The van der Waals surface area contributed by atoms with Crippen molar-refractivity contribution in [3.63, 3.8) is 0 Å². The first-order valence-electron chi connectivity index (χ1n) is 5.31. The molecule has 0 bridgehead atoms. The Balaban J connectivity index is 2.23. The third kappa shape index (κ3) is 3.03. The van der Waals surface area contributed by atoms with Crippen molar-refractivity contribution in [1.29, 1.82) is 0 Å². The maximum atomic E-state index is 11.9. The van der Waals surface area contributed by atoms with Crippen LogP contribution in [-0.2, 0) is 11.3 Å². The van der Waals surface area contributed by atoms with Crippen LogP contribution in [0.25, 0.3) is 0 Å². The Labute approximate surface area is 115 Å². The Morgan fingerprint density at radius 3 is 2.61 bits per heavy atom. The van der Waals surface area contributed by atoms with E-state index in [1.54, 1.807) is 12.4 Å². The molecule has 0 fully saturated rings. The second kappa shape index (κ2) is 5.89. The Bertz CT molecular complexity index is 499. The zero-order valence-corrected chi connectivity index (χ0v) is 10.9. The smallest absolute Gasteiger partial charge is 0.262 e. The molecular formula is C12H11Cl2N3O. The van der Waals surface area contributed by atoms with Crippen LogP contribution in [0.3, 0.4) is 0 Å². The SMILES string of the molecule is O=C(C(Cl)Cl)N(Cc1ccccc1)c1ncc[nH]1. The fourth-order valence-electron chi connectivity index (χ4n) is 1.55. The number of alkyl halides is 2. The van der Waals surface area contributed by atoms with Gasteiger partial charge >= 0.3 is 0 Å². The molecule has 1 aromatic carbocycles. The molecule has 0 saturated heterocycles. The van der Waals surface area contributed by atoms with Crippen molar-refractivity contribution in [3.8, 4) is 0 Å². The van der Waals surface area contributed by atoms with Gasteiger partial charge in [0, 0.05) is 12.4 Å². The number of aromatic nitrogens is 2. The van der Waals surface area contributed by atoms with E-state index in [-0.39, 0.29) is 0 Å². The number of rotatable bonds is 4. The lowest BCUT2D eigenvalue weighted by molar-refractivity contribution is -0.117. The summed E-state index contributed by atoms with van der Waals surface area (Å²) in [5, 5.41) is 0. The molecule has 94 valence electrons. The van der Waals surface area contributed by atoms with E-state index < -0.39 is 10.7 Å². The van der Waals surface area contributed by atoms with Gasteiger partial charge in [0.25, 0.3) is 5.91 Å². The van der Waals surface area contributed by atoms with Gasteiger partial charge in [-0.05, 0) is 5.56 Å². The molecule has 0 spiro atoms. The molecule has 1 amide bonds. The van der Waals surface area contributed by atoms with Crippen LogP contribution in [0, 0.1) is 0 Å². The number of halogens is 2. The lowest BCUT2D eigenvalue weighted by Crippen LogP contribution is -2.35. The van der Waals surface area contributed by atoms with Crippen LogP contribution in [0.5, 0.6) is 0 Å². The summed E-state index contributed by atoms with van der Waals surface area (Å²) in [5.74, 6) is 0.0206. The number of carbonyl (C=O) groups excluding carboxylic acids is 1. The monoisotopic (exact) mass is 283 g/mol. The zero-order valence-electron chi connectivity index (χ0n) is 9.38. The molecular weight excluding hydrogens is 273 g/mol. The summed E-state index contributed by atoms with van der Waals surface area (Å²) in [5.41, 5.74) is 0.969. The van der Waals surface area contributed by atoms with Gasteiger partial charge in [-0.2, -0.15) is 0 Å². The van der Waals surface area contributed by atoms with Crippen LogP contribution in [0.15, 0.2) is 42.7 Å². The van der Waals surface area contributed by atoms with Crippen molar-refractivity contribution in [2.45, 2.75) is 11.4 Å². The predicted molar refractivity (Wildman–Crippen MR) is 71.7 cm³/mol. The van der Waals surface area contributed by atoms with Crippen LogP contribution in [-0.4, -0.2) is 20.7 Å². The maximum absolute atomic E-state index is 11.9. The predicted octanol–water partition coefficient (Wildman–Crippen LogP) is 2.75. The first kappa shape index (κ1) is 12.9. The number of H-pyrrole nitrogens is 1. The summed E-state index contributed by atoms with van der Waals surface area (Å²) in [7, 11) is 0. The van der Waals surface area contributed by atoms with E-state index in [0.29, 0.717) is 12.5 Å². The van der Waals surface area contributed by atoms with Crippen LogP contribution in [0.2, 0.25) is 0 Å². The highest BCUT2D eigenvalue weighted by molar-refractivity contribution is 6.54. The highest BCUT2D eigenvalue weighted by Crippen LogP contribution is 2.16. The number of anilines is 1. The fraction of sp³-hybridized carbons (Fsp3) is 0.167. The molecule has 4 nitrogen and oxygen atoms in total. The van der Waals surface area contributed by atoms with Gasteiger partial charge in [-0.1, -0.05) is 53.5 Å². The van der Waals surface area contributed by atoms with Gasteiger partial charge in [0.2, 0.25) is 5.95 Å². The molecule has 2 aromatic rings. The molecule has 0 radical (unpaired) electrons. The van der Waals surface area contributed by atoms with E-state index in [0.717, 1.165) is 5.56 Å². The number of carbonyl (C=O) groups is 1. The van der Waals surface area contributed by atoms with Gasteiger partial charge in [-0.3, -0.25) is 9.69 Å². The van der Waals surface area contributed by atoms with Gasteiger partial charge in [0.05, 0.1) is 6.54 Å². The summed E-state index contributed by atoms with van der Waals surface area (Å²) in [6.07, 6.45) is 3.20. The highest BCUT2D eigenvalue weighted by atomic mass is 35.5. The Kier molecular flexibility index (Phi) is 4.23. The Morgan fingerprint density at radius 1 is 1.33 bits per heavy atom. The summed E-state index contributed by atoms with van der Waals surface area (Å²) in [6.45, 7) is 0.364. The fourth-order valence-corrected chi connectivity index (χ4v) is 1.78. The molecule has 0 unspecified atom stereocenters. The summed E-state index contributed by atoms with van der Waals surface area (Å²) >= 11 is 11.3. The Hall–Kier alpha value is -1.52. The van der Waals surface area contributed by atoms with Crippen molar-refractivity contribution in [1.82, 2.24) is 9.97 Å². The first-order chi connectivity index (χ1) is 8.68. The van der Waals surface area contributed by atoms with Crippen LogP contribution in [0.4, 0.5) is 5.95 Å². The molecule has 6 heteroatoms. The average molecular weight is 284 g/mol. The van der Waals surface area contributed by atoms with E-state index in [9.17, 15) is 4.79 Å². The van der Waals surface area contributed by atoms with Crippen molar-refractivity contribution < 1.29 is 4.79 Å². The number of aromatic amines is 1. The number of hydrogen-bond donors (Lipinski definition) is 1. The van der Waals surface area contributed by atoms with E-state index in [4.69, 9.17) is 23.2 Å². The molecule has 0 aliphatic heterocycles. The van der Waals surface area contributed by atoms with E-state index >= 15 is 0 Å². The molecule has 0 atom stereocenters. The number of benzene rings is 1. The number of hydrogen-bond acceptors (Lipinski definition) is 2. The van der Waals surface area contributed by atoms with E-state index in [1.165, 1.54) is 4.90 Å². The molecule has 0 aliphatic rings. The second-order valence-electron chi connectivity index (χ2n) is 3.62. The van der Waals surface area contributed by atoms with Gasteiger partial charge in [0.15, 0.2) is 4.84 Å². The summed E-state index contributed by atoms with van der Waals surface area (Å²) in [4.78, 5) is 19.2. The van der Waals surface area contributed by atoms with Crippen LogP contribution in [0.1, 0.15) is 5.56 Å². The number of amides is 1. The van der Waals surface area contributed by atoms with Crippen molar-refractivity contribution in [2.24, 2.45) is 0 Å². The molecule has 0 aliphatic carbocycles. The largest absolute Gasteiger partial charge is 0.331 e. The second-order valence-corrected chi connectivity index (χ2v) is 4.72. The molecule has 1 aromatic heterocycles. The normalized spacial score (nSPS) is 10.6. The van der Waals surface area contributed by atoms with Crippen LogP contribution < -0.4 is 4.90 Å². The number of imidazole rings is 1. The van der Waals surface area contributed by atoms with Crippen molar-refractivity contribution in [3.05, 3.63) is 48.3 Å². The zero-order chi connectivity index (χ0) is 13.0. The highest BCUT2D eigenvalue weighted by Gasteiger charge is 2.23. The van der Waals surface area contributed by atoms with Gasteiger partial charge in [-0.25, -0.2) is 4.98 Å². The standard InChI is InChI=1S/C12H11Cl2N3O/c13-10(14)11(18)17(12-15-6-7-16-12)8-9-4-2-1-3-5-9/h1-7,10H,8H2,(H,15,16). The Morgan fingerprint density at radius 2 is 2.06 bits per heavy atom. The number of nitrogens with one attached hydrogen (secondary N) is 1. The van der Waals surface area contributed by atoms with E-state index in [2.05, 4.69) is 9.97 Å². The molecule has 1 N–H and O–H groups in total. The van der Waals surface area contributed by atoms with Gasteiger partial charge in [0.1, 0.15) is 0 Å². The van der Waals surface area contributed by atoms with E-state index in [1.807, 2.05) is 30.3 Å². The summed E-state index contributed by atoms with van der Waals surface area (Å²) in [6, 6.07) is 9.55. The third-order valence-corrected chi connectivity index (χ3v) is 2.75. The average Bonchev–Trinajstić information content (AvgIpc) is 2.90. The minimum Gasteiger partial charge on any atom is -0.331 e. The molecule has 1 heterocycles. The topological polar surface area (TPSA) is 49.0 Å². The third-order valence-electron chi connectivity index (χ3n) is 2.38. The maximum Gasteiger partial charge on any atom is 0.262 e. The van der Waals surface area contributed by atoms with Gasteiger partial charge in [-0.15, -0.1) is 0 Å². The number of nitrogens with zero attached hydrogens (tertiary/aromatic N) is 2. The van der Waals surface area contributed by atoms with Crippen molar-refractivity contribution in [2.75, 3.05) is 4.90 Å². The lowest BCUT2D eigenvalue weighted by Gasteiger charge is -2.20. The first-order valence-corrected chi connectivity index (χ1v) is 6.18. The minimum absolute atomic E-state index is 0.364. The van der Waals surface area contributed by atoms with Gasteiger partial charge < -0.3 is 4.98 Å². The quantitative estimate of drug-likeness (QED) is 0.878. The van der Waals surface area contributed by atoms with Crippen LogP contribution >= 0.6 is 23.2 Å².